The second-order valence-corrected chi connectivity index (χ2v) is 7.20. The molecule has 0 bridgehead atoms. The smallest absolute Gasteiger partial charge is 0.329 e. The molecule has 1 aromatic heterocycles. The van der Waals surface area contributed by atoms with Crippen LogP contribution in [0.25, 0.3) is 16.6 Å². The molecule has 0 saturated carbocycles. The highest BCUT2D eigenvalue weighted by atomic mass is 16.5. The minimum Gasteiger partial charge on any atom is -0.507 e. The Hall–Kier alpha value is -4.12. The number of fused-ring (bicyclic) bond motifs is 1. The summed E-state index contributed by atoms with van der Waals surface area (Å²) >= 11 is 0. The zero-order valence-electron chi connectivity index (χ0n) is 17.1. The maximum Gasteiger partial charge on any atom is 0.329 e. The van der Waals surface area contributed by atoms with Crippen LogP contribution in [0.4, 0.5) is 0 Å². The molecule has 0 aliphatic heterocycles. The van der Waals surface area contributed by atoms with Crippen LogP contribution in [-0.4, -0.2) is 39.6 Å². The molecule has 3 aromatic rings. The maximum absolute atomic E-state index is 12.6. The fraction of sp³-hybridized carbons (Fsp3) is 0.217. The number of carbonyl (C=O) groups is 2. The second kappa shape index (κ2) is 9.59. The van der Waals surface area contributed by atoms with E-state index in [1.54, 1.807) is 62.4 Å². The number of allylic oxidation sites excluding steroid dienone is 1. The van der Waals surface area contributed by atoms with Crippen molar-refractivity contribution < 1.29 is 19.4 Å². The fourth-order valence-corrected chi connectivity index (χ4v) is 2.94. The van der Waals surface area contributed by atoms with Crippen LogP contribution >= 0.6 is 0 Å². The van der Waals surface area contributed by atoms with Crippen molar-refractivity contribution in [2.24, 2.45) is 5.92 Å². The van der Waals surface area contributed by atoms with Gasteiger partial charge in [-0.1, -0.05) is 44.2 Å². The van der Waals surface area contributed by atoms with Gasteiger partial charge in [0.25, 0.3) is 5.91 Å². The van der Waals surface area contributed by atoms with Crippen molar-refractivity contribution in [2.45, 2.75) is 19.9 Å². The molecule has 31 heavy (non-hydrogen) atoms. The van der Waals surface area contributed by atoms with Gasteiger partial charge in [-0.2, -0.15) is 5.26 Å². The van der Waals surface area contributed by atoms with Gasteiger partial charge in [-0.3, -0.25) is 4.79 Å². The molecule has 158 valence electrons. The van der Waals surface area contributed by atoms with Gasteiger partial charge >= 0.3 is 5.97 Å². The van der Waals surface area contributed by atoms with Crippen molar-refractivity contribution in [1.29, 1.82) is 5.26 Å². The fourth-order valence-electron chi connectivity index (χ4n) is 2.94. The predicted molar refractivity (Wildman–Crippen MR) is 115 cm³/mol. The first kappa shape index (κ1) is 21.6. The Morgan fingerprint density at radius 2 is 1.84 bits per heavy atom. The zero-order valence-corrected chi connectivity index (χ0v) is 17.1. The lowest BCUT2D eigenvalue weighted by molar-refractivity contribution is -0.146. The summed E-state index contributed by atoms with van der Waals surface area (Å²) in [6.07, 6.45) is 0. The monoisotopic (exact) mass is 418 g/mol. The molecule has 0 aliphatic rings. The SMILES string of the molecule is CC(C)C(NC(=O)c1ccccc1)C(=O)OC/C(O)=C(\C#N)c1nc2ccccc2[nH]1. The van der Waals surface area contributed by atoms with Gasteiger partial charge in [-0.05, 0) is 30.2 Å². The van der Waals surface area contributed by atoms with Crippen LogP contribution in [0.2, 0.25) is 0 Å². The number of aromatic amines is 1. The Labute approximate surface area is 179 Å². The van der Waals surface area contributed by atoms with Gasteiger partial charge in [0.05, 0.1) is 11.0 Å². The first-order valence-corrected chi connectivity index (χ1v) is 9.70. The first-order chi connectivity index (χ1) is 14.9. The molecular weight excluding hydrogens is 396 g/mol. The molecule has 1 unspecified atom stereocenters. The summed E-state index contributed by atoms with van der Waals surface area (Å²) in [4.78, 5) is 32.2. The summed E-state index contributed by atoms with van der Waals surface area (Å²) in [6.45, 7) is 3.01. The Bertz CT molecular complexity index is 1130. The van der Waals surface area contributed by atoms with Crippen molar-refractivity contribution in [3.63, 3.8) is 0 Å². The molecule has 1 amide bonds. The average Bonchev–Trinajstić information content (AvgIpc) is 3.20. The van der Waals surface area contributed by atoms with Crippen LogP contribution in [0, 0.1) is 17.2 Å². The van der Waals surface area contributed by atoms with E-state index in [-0.39, 0.29) is 17.3 Å². The van der Waals surface area contributed by atoms with Crippen LogP contribution in [0.3, 0.4) is 0 Å². The second-order valence-electron chi connectivity index (χ2n) is 7.20. The van der Waals surface area contributed by atoms with E-state index >= 15 is 0 Å². The van der Waals surface area contributed by atoms with E-state index in [4.69, 9.17) is 4.74 Å². The van der Waals surface area contributed by atoms with Gasteiger partial charge in [0, 0.05) is 5.56 Å². The number of rotatable bonds is 7. The van der Waals surface area contributed by atoms with Crippen LogP contribution < -0.4 is 5.32 Å². The molecular formula is C23H22N4O4. The zero-order chi connectivity index (χ0) is 22.4. The number of nitrogens with zero attached hydrogens (tertiary/aromatic N) is 2. The molecule has 0 saturated heterocycles. The number of carbonyl (C=O) groups excluding carboxylic acids is 2. The third kappa shape index (κ3) is 5.08. The number of aliphatic hydroxyl groups is 1. The lowest BCUT2D eigenvalue weighted by atomic mass is 10.0. The molecule has 1 heterocycles. The molecule has 8 nitrogen and oxygen atoms in total. The van der Waals surface area contributed by atoms with Crippen molar-refractivity contribution in [2.75, 3.05) is 6.61 Å². The third-order valence-corrected chi connectivity index (χ3v) is 4.62. The number of hydrogen-bond donors (Lipinski definition) is 3. The molecule has 8 heteroatoms. The number of imidazole rings is 1. The van der Waals surface area contributed by atoms with E-state index in [2.05, 4.69) is 15.3 Å². The molecule has 3 N–H and O–H groups in total. The predicted octanol–water partition coefficient (Wildman–Crippen LogP) is 3.35. The van der Waals surface area contributed by atoms with E-state index in [1.807, 2.05) is 12.1 Å². The minimum atomic E-state index is -0.919. The van der Waals surface area contributed by atoms with Crippen LogP contribution in [0.5, 0.6) is 0 Å². The number of para-hydroxylation sites is 2. The highest BCUT2D eigenvalue weighted by Gasteiger charge is 2.27. The number of nitriles is 1. The Balaban J connectivity index is 1.71. The highest BCUT2D eigenvalue weighted by Crippen LogP contribution is 2.19. The van der Waals surface area contributed by atoms with Gasteiger partial charge < -0.3 is 20.1 Å². The average molecular weight is 418 g/mol. The van der Waals surface area contributed by atoms with E-state index in [0.717, 1.165) is 0 Å². The van der Waals surface area contributed by atoms with Crippen LogP contribution in [0.15, 0.2) is 60.4 Å². The number of amides is 1. The molecule has 3 rings (SSSR count). The Kier molecular flexibility index (Phi) is 6.67. The molecule has 1 atom stereocenters. The first-order valence-electron chi connectivity index (χ1n) is 9.70. The largest absolute Gasteiger partial charge is 0.507 e. The molecule has 0 radical (unpaired) electrons. The lowest BCUT2D eigenvalue weighted by Crippen LogP contribution is -2.45. The van der Waals surface area contributed by atoms with E-state index in [9.17, 15) is 20.0 Å². The van der Waals surface area contributed by atoms with Crippen LogP contribution in [-0.2, 0) is 9.53 Å². The topological polar surface area (TPSA) is 128 Å². The number of hydrogen-bond acceptors (Lipinski definition) is 6. The number of aliphatic hydroxyl groups excluding tert-OH is 1. The van der Waals surface area contributed by atoms with E-state index in [1.165, 1.54) is 0 Å². The standard InChI is InChI=1S/C23H22N4O4/c1-14(2)20(27-22(29)15-8-4-3-5-9-15)23(30)31-13-19(28)16(12-24)21-25-17-10-6-7-11-18(17)26-21/h3-11,14,20,28H,13H2,1-2H3,(H,25,26)(H,27,29)/b19-16-. The molecule has 0 fully saturated rings. The van der Waals surface area contributed by atoms with Gasteiger partial charge in [0.15, 0.2) is 11.6 Å². The lowest BCUT2D eigenvalue weighted by Gasteiger charge is -2.21. The molecule has 2 aromatic carbocycles. The number of H-pyrrole nitrogens is 1. The number of benzene rings is 2. The maximum atomic E-state index is 12.6. The summed E-state index contributed by atoms with van der Waals surface area (Å²) in [5.74, 6) is -1.64. The normalized spacial score (nSPS) is 12.7. The highest BCUT2D eigenvalue weighted by molar-refractivity contribution is 5.96. The Morgan fingerprint density at radius 1 is 1.16 bits per heavy atom. The van der Waals surface area contributed by atoms with Crippen LogP contribution in [0.1, 0.15) is 30.0 Å². The van der Waals surface area contributed by atoms with Gasteiger partial charge in [0.1, 0.15) is 24.3 Å². The summed E-state index contributed by atoms with van der Waals surface area (Å²) in [5.41, 5.74) is 1.64. The van der Waals surface area contributed by atoms with Gasteiger partial charge in [-0.15, -0.1) is 0 Å². The minimum absolute atomic E-state index is 0.126. The number of ether oxygens (including phenoxy) is 1. The molecule has 0 aliphatic carbocycles. The van der Waals surface area contributed by atoms with E-state index < -0.39 is 30.3 Å². The van der Waals surface area contributed by atoms with Gasteiger partial charge in [0.2, 0.25) is 0 Å². The van der Waals surface area contributed by atoms with Crippen molar-refractivity contribution in [1.82, 2.24) is 15.3 Å². The quantitative estimate of drug-likeness (QED) is 0.307. The molecule has 0 spiro atoms. The number of esters is 1. The number of nitrogens with one attached hydrogen (secondary N) is 2. The number of aromatic nitrogens is 2. The van der Waals surface area contributed by atoms with E-state index in [0.29, 0.717) is 16.6 Å². The van der Waals surface area contributed by atoms with Crippen molar-refractivity contribution in [3.05, 3.63) is 71.7 Å². The van der Waals surface area contributed by atoms with Crippen molar-refractivity contribution in [3.8, 4) is 6.07 Å². The third-order valence-electron chi connectivity index (χ3n) is 4.62. The summed E-state index contributed by atoms with van der Waals surface area (Å²) in [7, 11) is 0. The van der Waals surface area contributed by atoms with Gasteiger partial charge in [-0.25, -0.2) is 9.78 Å². The Morgan fingerprint density at radius 3 is 2.48 bits per heavy atom. The summed E-state index contributed by atoms with van der Waals surface area (Å²) in [6, 6.07) is 16.7. The summed E-state index contributed by atoms with van der Waals surface area (Å²) < 4.78 is 5.19. The van der Waals surface area contributed by atoms with Crippen molar-refractivity contribution >= 4 is 28.5 Å². The summed E-state index contributed by atoms with van der Waals surface area (Å²) in [5, 5.41) is 22.5.